The third-order valence-corrected chi connectivity index (χ3v) is 3.25. The number of benzene rings is 2. The SMILES string of the molecule is CCOc1ccc(C(O)=Cc2nc3ccccc3oc2=O)cc1. The Labute approximate surface area is 132 Å². The molecule has 0 saturated heterocycles. The van der Waals surface area contributed by atoms with Gasteiger partial charge in [0.2, 0.25) is 0 Å². The van der Waals surface area contributed by atoms with Crippen LogP contribution in [0.2, 0.25) is 0 Å². The third-order valence-electron chi connectivity index (χ3n) is 3.25. The van der Waals surface area contributed by atoms with Gasteiger partial charge in [-0.1, -0.05) is 12.1 Å². The van der Waals surface area contributed by atoms with Crippen molar-refractivity contribution in [3.05, 3.63) is 70.2 Å². The molecule has 0 aliphatic heterocycles. The molecule has 0 fully saturated rings. The van der Waals surface area contributed by atoms with Gasteiger partial charge in [0.1, 0.15) is 17.0 Å². The van der Waals surface area contributed by atoms with Crippen LogP contribution in [0.3, 0.4) is 0 Å². The smallest absolute Gasteiger partial charge is 0.362 e. The summed E-state index contributed by atoms with van der Waals surface area (Å²) >= 11 is 0. The van der Waals surface area contributed by atoms with Gasteiger partial charge in [-0.25, -0.2) is 9.78 Å². The van der Waals surface area contributed by atoms with Crippen LogP contribution in [-0.2, 0) is 0 Å². The van der Waals surface area contributed by atoms with Crippen molar-refractivity contribution in [2.75, 3.05) is 6.61 Å². The Morgan fingerprint density at radius 1 is 1.22 bits per heavy atom. The number of hydrogen-bond donors (Lipinski definition) is 1. The zero-order valence-corrected chi connectivity index (χ0v) is 12.5. The molecule has 0 aliphatic rings. The second-order valence-electron chi connectivity index (χ2n) is 4.84. The fraction of sp³-hybridized carbons (Fsp3) is 0.111. The van der Waals surface area contributed by atoms with Crippen LogP contribution in [0, 0.1) is 0 Å². The normalized spacial score (nSPS) is 11.6. The summed E-state index contributed by atoms with van der Waals surface area (Å²) in [7, 11) is 0. The Bertz CT molecular complexity index is 910. The average Bonchev–Trinajstić information content (AvgIpc) is 2.56. The number of hydrogen-bond acceptors (Lipinski definition) is 5. The molecule has 1 aromatic heterocycles. The molecule has 0 radical (unpaired) electrons. The topological polar surface area (TPSA) is 72.6 Å². The molecule has 1 N–H and O–H groups in total. The number of ether oxygens (including phenoxy) is 1. The van der Waals surface area contributed by atoms with Crippen LogP contribution in [0.1, 0.15) is 18.2 Å². The summed E-state index contributed by atoms with van der Waals surface area (Å²) < 4.78 is 10.5. The predicted molar refractivity (Wildman–Crippen MR) is 88.4 cm³/mol. The summed E-state index contributed by atoms with van der Waals surface area (Å²) in [6.07, 6.45) is 1.30. The summed E-state index contributed by atoms with van der Waals surface area (Å²) in [6.45, 7) is 2.47. The highest BCUT2D eigenvalue weighted by Gasteiger charge is 2.07. The van der Waals surface area contributed by atoms with E-state index in [1.807, 2.05) is 6.92 Å². The van der Waals surface area contributed by atoms with Crippen LogP contribution in [0.5, 0.6) is 5.75 Å². The van der Waals surface area contributed by atoms with Gasteiger partial charge in [-0.05, 0) is 43.3 Å². The Hall–Kier alpha value is -3.08. The highest BCUT2D eigenvalue weighted by Crippen LogP contribution is 2.19. The van der Waals surface area contributed by atoms with Crippen molar-refractivity contribution in [3.63, 3.8) is 0 Å². The lowest BCUT2D eigenvalue weighted by molar-refractivity contribution is 0.340. The van der Waals surface area contributed by atoms with E-state index in [1.165, 1.54) is 6.08 Å². The standard InChI is InChI=1S/C18H15NO4/c1-2-22-13-9-7-12(8-10-13)16(20)11-15-18(21)23-17-6-4-3-5-14(17)19-15/h3-11,20H,2H2,1H3. The van der Waals surface area contributed by atoms with Gasteiger partial charge in [-0.15, -0.1) is 0 Å². The lowest BCUT2D eigenvalue weighted by Gasteiger charge is -2.04. The molecule has 0 unspecified atom stereocenters. The van der Waals surface area contributed by atoms with Crippen molar-refractivity contribution in [3.8, 4) is 5.75 Å². The first-order valence-corrected chi connectivity index (χ1v) is 7.21. The molecule has 0 atom stereocenters. The largest absolute Gasteiger partial charge is 0.507 e. The van der Waals surface area contributed by atoms with Gasteiger partial charge in [-0.2, -0.15) is 0 Å². The van der Waals surface area contributed by atoms with Crippen molar-refractivity contribution in [2.45, 2.75) is 6.92 Å². The third kappa shape index (κ3) is 3.23. The lowest BCUT2D eigenvalue weighted by atomic mass is 10.1. The maximum Gasteiger partial charge on any atom is 0.362 e. The van der Waals surface area contributed by atoms with Crippen molar-refractivity contribution in [2.24, 2.45) is 0 Å². The van der Waals surface area contributed by atoms with Crippen molar-refractivity contribution >= 4 is 22.9 Å². The zero-order chi connectivity index (χ0) is 16.2. The van der Waals surface area contributed by atoms with Gasteiger partial charge in [0.25, 0.3) is 0 Å². The Morgan fingerprint density at radius 2 is 1.96 bits per heavy atom. The number of aliphatic hydroxyl groups excluding tert-OH is 1. The molecule has 5 heteroatoms. The van der Waals surface area contributed by atoms with Gasteiger partial charge in [-0.3, -0.25) is 0 Å². The monoisotopic (exact) mass is 309 g/mol. The highest BCUT2D eigenvalue weighted by molar-refractivity contribution is 5.78. The summed E-state index contributed by atoms with van der Waals surface area (Å²) in [4.78, 5) is 16.2. The van der Waals surface area contributed by atoms with E-state index in [9.17, 15) is 9.90 Å². The van der Waals surface area contributed by atoms with Crippen molar-refractivity contribution < 1.29 is 14.3 Å². The van der Waals surface area contributed by atoms with E-state index in [0.717, 1.165) is 0 Å². The van der Waals surface area contributed by atoms with Gasteiger partial charge in [0, 0.05) is 11.6 Å². The minimum absolute atomic E-state index is 0.0510. The number of nitrogens with zero attached hydrogens (tertiary/aromatic N) is 1. The number of fused-ring (bicyclic) bond motifs is 1. The van der Waals surface area contributed by atoms with E-state index in [-0.39, 0.29) is 11.5 Å². The maximum atomic E-state index is 11.9. The first-order valence-electron chi connectivity index (χ1n) is 7.21. The van der Waals surface area contributed by atoms with Crippen LogP contribution < -0.4 is 10.4 Å². The highest BCUT2D eigenvalue weighted by atomic mass is 16.5. The molecule has 0 bridgehead atoms. The molecule has 0 saturated carbocycles. The molecule has 0 amide bonds. The maximum absolute atomic E-state index is 11.9. The van der Waals surface area contributed by atoms with Gasteiger partial charge in [0.05, 0.1) is 6.61 Å². The Kier molecular flexibility index (Phi) is 4.10. The quantitative estimate of drug-likeness (QED) is 0.745. The van der Waals surface area contributed by atoms with Crippen LogP contribution in [0.4, 0.5) is 0 Å². The van der Waals surface area contributed by atoms with Gasteiger partial charge < -0.3 is 14.3 Å². The second-order valence-corrected chi connectivity index (χ2v) is 4.84. The molecule has 23 heavy (non-hydrogen) atoms. The molecule has 116 valence electrons. The minimum atomic E-state index is -0.596. The van der Waals surface area contributed by atoms with E-state index in [0.29, 0.717) is 29.0 Å². The first kappa shape index (κ1) is 14.8. The Morgan fingerprint density at radius 3 is 2.70 bits per heavy atom. The van der Waals surface area contributed by atoms with E-state index in [4.69, 9.17) is 9.15 Å². The van der Waals surface area contributed by atoms with E-state index in [1.54, 1.807) is 48.5 Å². The minimum Gasteiger partial charge on any atom is -0.507 e. The number of aromatic nitrogens is 1. The number of aliphatic hydroxyl groups is 1. The first-order chi connectivity index (χ1) is 11.2. The lowest BCUT2D eigenvalue weighted by Crippen LogP contribution is -2.06. The molecular formula is C18H15NO4. The molecule has 1 heterocycles. The predicted octanol–water partition coefficient (Wildman–Crippen LogP) is 3.64. The fourth-order valence-corrected chi connectivity index (χ4v) is 2.16. The average molecular weight is 309 g/mol. The van der Waals surface area contributed by atoms with Gasteiger partial charge >= 0.3 is 5.63 Å². The van der Waals surface area contributed by atoms with Crippen molar-refractivity contribution in [1.29, 1.82) is 0 Å². The molecule has 0 aliphatic carbocycles. The molecule has 5 nitrogen and oxygen atoms in total. The number of para-hydroxylation sites is 2. The molecule has 0 spiro atoms. The Balaban J connectivity index is 1.96. The fourth-order valence-electron chi connectivity index (χ4n) is 2.16. The molecule has 3 rings (SSSR count). The molecular weight excluding hydrogens is 294 g/mol. The second kappa shape index (κ2) is 6.36. The van der Waals surface area contributed by atoms with E-state index < -0.39 is 5.63 Å². The number of rotatable bonds is 4. The summed E-state index contributed by atoms with van der Waals surface area (Å²) in [5, 5.41) is 10.2. The van der Waals surface area contributed by atoms with Gasteiger partial charge in [0.15, 0.2) is 11.3 Å². The molecule has 3 aromatic rings. The zero-order valence-electron chi connectivity index (χ0n) is 12.5. The van der Waals surface area contributed by atoms with Crippen LogP contribution in [0.25, 0.3) is 22.9 Å². The van der Waals surface area contributed by atoms with Crippen molar-refractivity contribution in [1.82, 2.24) is 4.98 Å². The van der Waals surface area contributed by atoms with E-state index in [2.05, 4.69) is 4.98 Å². The summed E-state index contributed by atoms with van der Waals surface area (Å²) in [6, 6.07) is 13.9. The van der Waals surface area contributed by atoms with Crippen LogP contribution in [-0.4, -0.2) is 16.7 Å². The summed E-state index contributed by atoms with van der Waals surface area (Å²) in [5.41, 5.74) is 0.979. The van der Waals surface area contributed by atoms with E-state index >= 15 is 0 Å². The van der Waals surface area contributed by atoms with Crippen LogP contribution >= 0.6 is 0 Å². The molecule has 2 aromatic carbocycles. The van der Waals surface area contributed by atoms with Crippen LogP contribution in [0.15, 0.2) is 57.7 Å². The summed E-state index contributed by atoms with van der Waals surface area (Å²) in [5.74, 6) is 0.649.